The Morgan fingerprint density at radius 3 is 2.62 bits per heavy atom. The standard InChI is InChI=1S/C14H20N4O.2ClH/c1-10(8-15-2)14(19)16-9-13-17-11-6-4-5-7-12(11)18(13)3;;/h4-7,10,15H,8-9H2,1-3H3,(H,16,19);2*1H. The molecule has 0 saturated heterocycles. The molecule has 1 aromatic carbocycles. The van der Waals surface area contributed by atoms with Gasteiger partial charge < -0.3 is 15.2 Å². The van der Waals surface area contributed by atoms with Crippen LogP contribution in [0.2, 0.25) is 0 Å². The first-order valence-corrected chi connectivity index (χ1v) is 6.46. The van der Waals surface area contributed by atoms with Crippen LogP contribution in [-0.2, 0) is 18.4 Å². The Bertz CT molecular complexity index is 585. The van der Waals surface area contributed by atoms with E-state index in [2.05, 4.69) is 15.6 Å². The molecule has 0 bridgehead atoms. The molecular formula is C14H22Cl2N4O. The van der Waals surface area contributed by atoms with Crippen LogP contribution < -0.4 is 10.6 Å². The van der Waals surface area contributed by atoms with Gasteiger partial charge in [0.1, 0.15) is 5.82 Å². The normalized spacial score (nSPS) is 11.4. The molecule has 2 N–H and O–H groups in total. The molecule has 0 spiro atoms. The third-order valence-corrected chi connectivity index (χ3v) is 3.26. The highest BCUT2D eigenvalue weighted by atomic mass is 35.5. The Morgan fingerprint density at radius 2 is 2.00 bits per heavy atom. The Kier molecular flexibility index (Phi) is 8.32. The van der Waals surface area contributed by atoms with E-state index in [0.717, 1.165) is 16.9 Å². The molecule has 7 heteroatoms. The highest BCUT2D eigenvalue weighted by Gasteiger charge is 2.13. The van der Waals surface area contributed by atoms with Gasteiger partial charge in [0, 0.05) is 19.5 Å². The maximum atomic E-state index is 11.8. The second-order valence-electron chi connectivity index (χ2n) is 4.75. The summed E-state index contributed by atoms with van der Waals surface area (Å²) in [7, 11) is 3.81. The fraction of sp³-hybridized carbons (Fsp3) is 0.429. The van der Waals surface area contributed by atoms with Gasteiger partial charge in [-0.05, 0) is 19.2 Å². The number of para-hydroxylation sites is 2. The van der Waals surface area contributed by atoms with Crippen LogP contribution in [0.4, 0.5) is 0 Å². The lowest BCUT2D eigenvalue weighted by Gasteiger charge is -2.11. The zero-order chi connectivity index (χ0) is 13.8. The molecule has 2 rings (SSSR count). The van der Waals surface area contributed by atoms with E-state index in [-0.39, 0.29) is 36.6 Å². The van der Waals surface area contributed by atoms with Crippen molar-refractivity contribution < 1.29 is 4.79 Å². The second kappa shape index (κ2) is 8.87. The maximum Gasteiger partial charge on any atom is 0.224 e. The quantitative estimate of drug-likeness (QED) is 0.879. The molecular weight excluding hydrogens is 311 g/mol. The number of amides is 1. The van der Waals surface area contributed by atoms with Gasteiger partial charge in [0.25, 0.3) is 0 Å². The van der Waals surface area contributed by atoms with Gasteiger partial charge in [0.15, 0.2) is 0 Å². The van der Waals surface area contributed by atoms with E-state index in [1.165, 1.54) is 0 Å². The van der Waals surface area contributed by atoms with Gasteiger partial charge in [-0.25, -0.2) is 4.98 Å². The average molecular weight is 333 g/mol. The maximum absolute atomic E-state index is 11.8. The summed E-state index contributed by atoms with van der Waals surface area (Å²) in [6, 6.07) is 7.95. The van der Waals surface area contributed by atoms with E-state index in [1.54, 1.807) is 0 Å². The van der Waals surface area contributed by atoms with E-state index in [9.17, 15) is 4.79 Å². The Balaban J connectivity index is 0.00000200. The van der Waals surface area contributed by atoms with Crippen molar-refractivity contribution >= 4 is 41.8 Å². The highest BCUT2D eigenvalue weighted by Crippen LogP contribution is 2.13. The van der Waals surface area contributed by atoms with Crippen LogP contribution in [0.3, 0.4) is 0 Å². The summed E-state index contributed by atoms with van der Waals surface area (Å²) in [5.74, 6) is 0.868. The molecule has 0 aliphatic carbocycles. The van der Waals surface area contributed by atoms with Crippen LogP contribution in [0.25, 0.3) is 11.0 Å². The molecule has 1 unspecified atom stereocenters. The van der Waals surface area contributed by atoms with Crippen molar-refractivity contribution in [2.45, 2.75) is 13.5 Å². The number of imidazole rings is 1. The number of carbonyl (C=O) groups excluding carboxylic acids is 1. The summed E-state index contributed by atoms with van der Waals surface area (Å²) in [5.41, 5.74) is 2.03. The second-order valence-corrected chi connectivity index (χ2v) is 4.75. The van der Waals surface area contributed by atoms with Crippen molar-refractivity contribution in [3.63, 3.8) is 0 Å². The van der Waals surface area contributed by atoms with E-state index >= 15 is 0 Å². The molecule has 1 heterocycles. The van der Waals surface area contributed by atoms with Crippen molar-refractivity contribution in [3.05, 3.63) is 30.1 Å². The first-order valence-electron chi connectivity index (χ1n) is 6.46. The van der Waals surface area contributed by atoms with Crippen LogP contribution in [-0.4, -0.2) is 29.1 Å². The minimum Gasteiger partial charge on any atom is -0.349 e. The van der Waals surface area contributed by atoms with Crippen molar-refractivity contribution in [2.24, 2.45) is 13.0 Å². The first-order chi connectivity index (χ1) is 9.13. The SMILES string of the molecule is CNCC(C)C(=O)NCc1nc2ccccc2n1C.Cl.Cl. The minimum absolute atomic E-state index is 0. The molecule has 0 radical (unpaired) electrons. The fourth-order valence-electron chi connectivity index (χ4n) is 2.09. The lowest BCUT2D eigenvalue weighted by Crippen LogP contribution is -2.34. The Morgan fingerprint density at radius 1 is 1.33 bits per heavy atom. The number of aromatic nitrogens is 2. The molecule has 2 aromatic rings. The molecule has 5 nitrogen and oxygen atoms in total. The monoisotopic (exact) mass is 332 g/mol. The fourth-order valence-corrected chi connectivity index (χ4v) is 2.09. The molecule has 1 aromatic heterocycles. The molecule has 0 aliphatic rings. The van der Waals surface area contributed by atoms with Crippen molar-refractivity contribution in [1.29, 1.82) is 0 Å². The lowest BCUT2D eigenvalue weighted by molar-refractivity contribution is -0.124. The summed E-state index contributed by atoms with van der Waals surface area (Å²) >= 11 is 0. The number of hydrogen-bond acceptors (Lipinski definition) is 3. The van der Waals surface area contributed by atoms with Gasteiger partial charge >= 0.3 is 0 Å². The Hall–Kier alpha value is -1.30. The van der Waals surface area contributed by atoms with Gasteiger partial charge in [-0.2, -0.15) is 0 Å². The van der Waals surface area contributed by atoms with Crippen molar-refractivity contribution in [3.8, 4) is 0 Å². The largest absolute Gasteiger partial charge is 0.349 e. The van der Waals surface area contributed by atoms with Crippen LogP contribution in [0.15, 0.2) is 24.3 Å². The third-order valence-electron chi connectivity index (χ3n) is 3.26. The lowest BCUT2D eigenvalue weighted by atomic mass is 10.1. The number of hydrogen-bond donors (Lipinski definition) is 2. The molecule has 1 atom stereocenters. The highest BCUT2D eigenvalue weighted by molar-refractivity contribution is 5.85. The number of fused-ring (bicyclic) bond motifs is 1. The number of halogens is 2. The predicted octanol–water partition coefficient (Wildman–Crippen LogP) is 1.89. The van der Waals surface area contributed by atoms with Crippen molar-refractivity contribution in [2.75, 3.05) is 13.6 Å². The van der Waals surface area contributed by atoms with E-state index in [1.807, 2.05) is 49.9 Å². The molecule has 0 fully saturated rings. The number of aryl methyl sites for hydroxylation is 1. The van der Waals surface area contributed by atoms with Gasteiger partial charge in [0.2, 0.25) is 5.91 Å². The molecule has 0 saturated carbocycles. The minimum atomic E-state index is -0.0420. The van der Waals surface area contributed by atoms with Crippen LogP contribution in [0, 0.1) is 5.92 Å². The number of nitrogens with one attached hydrogen (secondary N) is 2. The third kappa shape index (κ3) is 4.59. The Labute approximate surface area is 137 Å². The molecule has 118 valence electrons. The van der Waals surface area contributed by atoms with Crippen LogP contribution in [0.1, 0.15) is 12.7 Å². The summed E-state index contributed by atoms with van der Waals surface area (Å²) < 4.78 is 2.01. The van der Waals surface area contributed by atoms with Gasteiger partial charge in [-0.15, -0.1) is 24.8 Å². The number of benzene rings is 1. The van der Waals surface area contributed by atoms with Crippen LogP contribution >= 0.6 is 24.8 Å². The summed E-state index contributed by atoms with van der Waals surface area (Å²) in [6.07, 6.45) is 0. The van der Waals surface area contributed by atoms with E-state index < -0.39 is 0 Å². The predicted molar refractivity (Wildman–Crippen MR) is 90.1 cm³/mol. The van der Waals surface area contributed by atoms with E-state index in [0.29, 0.717) is 13.1 Å². The summed E-state index contributed by atoms with van der Waals surface area (Å²) in [4.78, 5) is 16.4. The average Bonchev–Trinajstić information content (AvgIpc) is 2.73. The van der Waals surface area contributed by atoms with Crippen molar-refractivity contribution in [1.82, 2.24) is 20.2 Å². The van der Waals surface area contributed by atoms with Crippen LogP contribution in [0.5, 0.6) is 0 Å². The summed E-state index contributed by atoms with van der Waals surface area (Å²) in [6.45, 7) is 3.03. The number of rotatable bonds is 5. The zero-order valence-corrected chi connectivity index (χ0v) is 14.1. The van der Waals surface area contributed by atoms with Gasteiger partial charge in [-0.3, -0.25) is 4.79 Å². The smallest absolute Gasteiger partial charge is 0.224 e. The summed E-state index contributed by atoms with van der Waals surface area (Å²) in [5, 5.41) is 5.92. The number of nitrogens with zero attached hydrogens (tertiary/aromatic N) is 2. The zero-order valence-electron chi connectivity index (χ0n) is 12.4. The molecule has 21 heavy (non-hydrogen) atoms. The van der Waals surface area contributed by atoms with Gasteiger partial charge in [-0.1, -0.05) is 19.1 Å². The van der Waals surface area contributed by atoms with Gasteiger partial charge in [0.05, 0.1) is 17.6 Å². The molecule has 0 aliphatic heterocycles. The molecule has 1 amide bonds. The van der Waals surface area contributed by atoms with E-state index in [4.69, 9.17) is 0 Å². The number of carbonyl (C=O) groups is 1. The topological polar surface area (TPSA) is 59.0 Å². The first kappa shape index (κ1) is 19.7.